The first-order chi connectivity index (χ1) is 9.60. The van der Waals surface area contributed by atoms with Gasteiger partial charge in [0.15, 0.2) is 0 Å². The van der Waals surface area contributed by atoms with E-state index in [0.29, 0.717) is 0 Å². The van der Waals surface area contributed by atoms with Crippen LogP contribution < -0.4 is 10.5 Å². The molecule has 4 heteroatoms. The molecule has 0 radical (unpaired) electrons. The van der Waals surface area contributed by atoms with Gasteiger partial charge in [-0.05, 0) is 70.8 Å². The van der Waals surface area contributed by atoms with Crippen molar-refractivity contribution in [2.24, 2.45) is 5.73 Å². The fourth-order valence-electron chi connectivity index (χ4n) is 2.02. The zero-order chi connectivity index (χ0) is 14.5. The number of benzene rings is 2. The van der Waals surface area contributed by atoms with Gasteiger partial charge in [0.25, 0.3) is 0 Å². The van der Waals surface area contributed by atoms with Gasteiger partial charge in [0.1, 0.15) is 5.75 Å². The lowest BCUT2D eigenvalue weighted by molar-refractivity contribution is 0.414. The van der Waals surface area contributed by atoms with E-state index in [1.54, 1.807) is 7.11 Å². The number of hydrogen-bond donors (Lipinski definition) is 1. The van der Waals surface area contributed by atoms with Crippen molar-refractivity contribution in [2.75, 3.05) is 7.11 Å². The zero-order valence-corrected chi connectivity index (χ0v) is 14.2. The van der Waals surface area contributed by atoms with Crippen LogP contribution in [-0.4, -0.2) is 7.11 Å². The topological polar surface area (TPSA) is 35.2 Å². The maximum atomic E-state index is 6.23. The number of aryl methyl sites for hydroxylation is 1. The Kier molecular flexibility index (Phi) is 5.69. The molecule has 0 heterocycles. The van der Waals surface area contributed by atoms with E-state index in [4.69, 9.17) is 22.1 Å². The van der Waals surface area contributed by atoms with Crippen molar-refractivity contribution in [3.8, 4) is 5.75 Å². The Morgan fingerprint density at radius 1 is 1.20 bits per heavy atom. The highest BCUT2D eigenvalue weighted by Crippen LogP contribution is 2.24. The number of hydrogen-bond acceptors (Lipinski definition) is 2. The monoisotopic (exact) mass is 401 g/mol. The number of ether oxygens (including phenoxy) is 1. The second-order valence-corrected chi connectivity index (χ2v) is 6.24. The smallest absolute Gasteiger partial charge is 0.118 e. The molecule has 2 aromatic rings. The van der Waals surface area contributed by atoms with Gasteiger partial charge in [-0.1, -0.05) is 29.8 Å². The second-order valence-electron chi connectivity index (χ2n) is 4.67. The predicted molar refractivity (Wildman–Crippen MR) is 92.4 cm³/mol. The highest BCUT2D eigenvalue weighted by molar-refractivity contribution is 14.1. The largest absolute Gasteiger partial charge is 0.497 e. The number of nitrogens with two attached hydrogens (primary N) is 1. The van der Waals surface area contributed by atoms with Crippen LogP contribution in [0.4, 0.5) is 0 Å². The SMILES string of the molecule is COc1ccc(CCC(N)c2ccc(I)c(Cl)c2)cc1. The lowest BCUT2D eigenvalue weighted by Gasteiger charge is -2.13. The van der Waals surface area contributed by atoms with Crippen LogP contribution in [0.2, 0.25) is 5.02 Å². The summed E-state index contributed by atoms with van der Waals surface area (Å²) in [4.78, 5) is 0. The molecule has 1 unspecified atom stereocenters. The van der Waals surface area contributed by atoms with Crippen LogP contribution in [0.25, 0.3) is 0 Å². The summed E-state index contributed by atoms with van der Waals surface area (Å²) in [5.41, 5.74) is 8.58. The van der Waals surface area contributed by atoms with Gasteiger partial charge in [-0.25, -0.2) is 0 Å². The number of halogens is 2. The van der Waals surface area contributed by atoms with Gasteiger partial charge in [0.2, 0.25) is 0 Å². The lowest BCUT2D eigenvalue weighted by Crippen LogP contribution is -2.11. The van der Waals surface area contributed by atoms with Gasteiger partial charge in [0.05, 0.1) is 12.1 Å². The van der Waals surface area contributed by atoms with E-state index in [1.165, 1.54) is 5.56 Å². The quantitative estimate of drug-likeness (QED) is 0.744. The van der Waals surface area contributed by atoms with Gasteiger partial charge in [-0.3, -0.25) is 0 Å². The molecule has 0 fully saturated rings. The van der Waals surface area contributed by atoms with E-state index in [-0.39, 0.29) is 6.04 Å². The molecule has 1 atom stereocenters. The molecule has 0 spiro atoms. The number of methoxy groups -OCH3 is 1. The second kappa shape index (κ2) is 7.29. The van der Waals surface area contributed by atoms with Crippen LogP contribution in [0.15, 0.2) is 42.5 Å². The minimum Gasteiger partial charge on any atom is -0.497 e. The van der Waals surface area contributed by atoms with Gasteiger partial charge in [-0.2, -0.15) is 0 Å². The fourth-order valence-corrected chi connectivity index (χ4v) is 2.55. The lowest BCUT2D eigenvalue weighted by atomic mass is 10.00. The average Bonchev–Trinajstić information content (AvgIpc) is 2.48. The van der Waals surface area contributed by atoms with E-state index in [9.17, 15) is 0 Å². The minimum atomic E-state index is 0.00611. The van der Waals surface area contributed by atoms with Crippen molar-refractivity contribution < 1.29 is 4.74 Å². The highest BCUT2D eigenvalue weighted by Gasteiger charge is 2.08. The third-order valence-corrected chi connectivity index (χ3v) is 4.85. The minimum absolute atomic E-state index is 0.00611. The summed E-state index contributed by atoms with van der Waals surface area (Å²) in [6.45, 7) is 0. The van der Waals surface area contributed by atoms with Crippen molar-refractivity contribution in [2.45, 2.75) is 18.9 Å². The van der Waals surface area contributed by atoms with Crippen molar-refractivity contribution in [1.29, 1.82) is 0 Å². The predicted octanol–water partition coefficient (Wildman–Crippen LogP) is 4.59. The molecular formula is C16H17ClINO. The first-order valence-electron chi connectivity index (χ1n) is 6.43. The van der Waals surface area contributed by atoms with Crippen LogP contribution in [0.5, 0.6) is 5.75 Å². The summed E-state index contributed by atoms with van der Waals surface area (Å²) in [5, 5.41) is 0.767. The van der Waals surface area contributed by atoms with Crippen molar-refractivity contribution in [3.63, 3.8) is 0 Å². The van der Waals surface area contributed by atoms with Crippen LogP contribution >= 0.6 is 34.2 Å². The molecule has 0 saturated carbocycles. The number of rotatable bonds is 5. The average molecular weight is 402 g/mol. The van der Waals surface area contributed by atoms with E-state index < -0.39 is 0 Å². The summed E-state index contributed by atoms with van der Waals surface area (Å²) >= 11 is 8.35. The summed E-state index contributed by atoms with van der Waals surface area (Å²) in [7, 11) is 1.67. The van der Waals surface area contributed by atoms with Gasteiger partial charge in [-0.15, -0.1) is 0 Å². The van der Waals surface area contributed by atoms with Crippen molar-refractivity contribution in [3.05, 3.63) is 62.2 Å². The first kappa shape index (κ1) is 15.6. The zero-order valence-electron chi connectivity index (χ0n) is 11.3. The Balaban J connectivity index is 1.96. The molecule has 0 aliphatic heterocycles. The molecule has 0 aliphatic rings. The van der Waals surface area contributed by atoms with Crippen molar-refractivity contribution in [1.82, 2.24) is 0 Å². The molecular weight excluding hydrogens is 385 g/mol. The van der Waals surface area contributed by atoms with E-state index >= 15 is 0 Å². The molecule has 0 amide bonds. The Bertz CT molecular complexity index is 571. The summed E-state index contributed by atoms with van der Waals surface area (Å²) in [6.07, 6.45) is 1.83. The van der Waals surface area contributed by atoms with E-state index in [2.05, 4.69) is 34.7 Å². The van der Waals surface area contributed by atoms with Crippen LogP contribution in [-0.2, 0) is 6.42 Å². The molecule has 2 N–H and O–H groups in total. The first-order valence-corrected chi connectivity index (χ1v) is 7.89. The fraction of sp³-hybridized carbons (Fsp3) is 0.250. The van der Waals surface area contributed by atoms with E-state index in [0.717, 1.165) is 32.7 Å². The summed E-state index contributed by atoms with van der Waals surface area (Å²) in [5.74, 6) is 0.877. The molecule has 0 bridgehead atoms. The Morgan fingerprint density at radius 2 is 1.90 bits per heavy atom. The Hall–Kier alpha value is -0.780. The molecule has 2 nitrogen and oxygen atoms in total. The van der Waals surface area contributed by atoms with Crippen LogP contribution in [0.1, 0.15) is 23.6 Å². The third-order valence-electron chi connectivity index (χ3n) is 3.27. The maximum absolute atomic E-state index is 6.23. The molecule has 0 saturated heterocycles. The third kappa shape index (κ3) is 4.11. The molecule has 0 aromatic heterocycles. The van der Waals surface area contributed by atoms with E-state index in [1.807, 2.05) is 30.3 Å². The normalized spacial score (nSPS) is 12.2. The highest BCUT2D eigenvalue weighted by atomic mass is 127. The standard InChI is InChI=1S/C16H17ClINO/c1-20-13-6-2-11(3-7-13)4-9-16(19)12-5-8-15(18)14(17)10-12/h2-3,5-8,10,16H,4,9,19H2,1H3. The van der Waals surface area contributed by atoms with Gasteiger partial charge < -0.3 is 10.5 Å². The van der Waals surface area contributed by atoms with Gasteiger partial charge >= 0.3 is 0 Å². The molecule has 2 aromatic carbocycles. The molecule has 106 valence electrons. The molecule has 0 aliphatic carbocycles. The Morgan fingerprint density at radius 3 is 2.50 bits per heavy atom. The summed E-state index contributed by atoms with van der Waals surface area (Å²) in [6, 6.07) is 14.1. The van der Waals surface area contributed by atoms with Crippen molar-refractivity contribution >= 4 is 34.2 Å². The molecule has 20 heavy (non-hydrogen) atoms. The van der Waals surface area contributed by atoms with Crippen LogP contribution in [0, 0.1) is 3.57 Å². The molecule has 2 rings (SSSR count). The van der Waals surface area contributed by atoms with Gasteiger partial charge in [0, 0.05) is 9.61 Å². The maximum Gasteiger partial charge on any atom is 0.118 e. The van der Waals surface area contributed by atoms with Crippen LogP contribution in [0.3, 0.4) is 0 Å². The Labute approximate surface area is 138 Å². The summed E-state index contributed by atoms with van der Waals surface area (Å²) < 4.78 is 6.20.